The standard InChI is InChI=1S/C38H72N2O5Si/c1-12-16-17-25-28-32(45-46(10,11)37(7,8)9)29-26-23-21-19-18-20-22-24-27-30-38(36(41)44-15-4)35(43-14-3)39-33(31(5)6)34(40-38)42-13-2/h20,22,31-33H,12-19,21,23-30H2,1-11H3/b22-20+. The summed E-state index contributed by atoms with van der Waals surface area (Å²) in [5.74, 6) is 0.608. The quantitative estimate of drug-likeness (QED) is 0.0470. The van der Waals surface area contributed by atoms with Gasteiger partial charge in [-0.25, -0.2) is 14.8 Å². The number of unbranched alkanes of at least 4 members (excludes halogenated alkanes) is 8. The first-order valence-corrected chi connectivity index (χ1v) is 21.6. The van der Waals surface area contributed by atoms with Gasteiger partial charge in [0.25, 0.3) is 0 Å². The molecule has 0 radical (unpaired) electrons. The molecule has 3 atom stereocenters. The van der Waals surface area contributed by atoms with Gasteiger partial charge < -0.3 is 18.6 Å². The van der Waals surface area contributed by atoms with Crippen LogP contribution in [-0.4, -0.2) is 63.6 Å². The summed E-state index contributed by atoms with van der Waals surface area (Å²) < 4.78 is 24.2. The second kappa shape index (κ2) is 22.1. The van der Waals surface area contributed by atoms with Crippen LogP contribution in [0.25, 0.3) is 0 Å². The van der Waals surface area contributed by atoms with E-state index in [0.29, 0.717) is 37.5 Å². The Kier molecular flexibility index (Phi) is 20.3. The van der Waals surface area contributed by atoms with E-state index < -0.39 is 19.8 Å². The minimum absolute atomic E-state index is 0.163. The average molecular weight is 665 g/mol. The van der Waals surface area contributed by atoms with E-state index in [0.717, 1.165) is 19.3 Å². The van der Waals surface area contributed by atoms with Crippen LogP contribution in [-0.2, 0) is 23.4 Å². The molecule has 1 aliphatic heterocycles. The highest BCUT2D eigenvalue weighted by Gasteiger charge is 2.51. The molecule has 0 saturated carbocycles. The zero-order chi connectivity index (χ0) is 34.6. The molecule has 7 nitrogen and oxygen atoms in total. The molecule has 0 amide bonds. The number of carbonyl (C=O) groups is 1. The summed E-state index contributed by atoms with van der Waals surface area (Å²) in [7, 11) is -1.75. The lowest BCUT2D eigenvalue weighted by Gasteiger charge is -2.39. The first-order chi connectivity index (χ1) is 21.8. The molecule has 46 heavy (non-hydrogen) atoms. The van der Waals surface area contributed by atoms with E-state index in [9.17, 15) is 4.79 Å². The van der Waals surface area contributed by atoms with Gasteiger partial charge in [0, 0.05) is 6.10 Å². The maximum absolute atomic E-state index is 13.4. The summed E-state index contributed by atoms with van der Waals surface area (Å²) in [6.07, 6.45) is 20.7. The molecule has 1 rings (SSSR count). The molecule has 0 N–H and O–H groups in total. The molecule has 0 spiro atoms. The van der Waals surface area contributed by atoms with E-state index in [2.05, 4.69) is 66.8 Å². The number of esters is 1. The van der Waals surface area contributed by atoms with E-state index >= 15 is 0 Å². The maximum Gasteiger partial charge on any atom is 0.343 e. The monoisotopic (exact) mass is 665 g/mol. The van der Waals surface area contributed by atoms with Crippen molar-refractivity contribution in [1.29, 1.82) is 0 Å². The second-order valence-electron chi connectivity index (χ2n) is 14.7. The van der Waals surface area contributed by atoms with Crippen molar-refractivity contribution in [3.8, 4) is 0 Å². The lowest BCUT2D eigenvalue weighted by Crippen LogP contribution is -2.53. The van der Waals surface area contributed by atoms with Crippen LogP contribution in [0.5, 0.6) is 0 Å². The summed E-state index contributed by atoms with van der Waals surface area (Å²) in [5.41, 5.74) is -1.29. The summed E-state index contributed by atoms with van der Waals surface area (Å²) >= 11 is 0. The Hall–Kier alpha value is -1.67. The molecule has 0 aliphatic carbocycles. The fraction of sp³-hybridized carbons (Fsp3) is 0.868. The van der Waals surface area contributed by atoms with Gasteiger partial charge in [0.05, 0.1) is 19.8 Å². The summed E-state index contributed by atoms with van der Waals surface area (Å²) in [6.45, 7) is 25.0. The van der Waals surface area contributed by atoms with Crippen LogP contribution in [0.3, 0.4) is 0 Å². The normalized spacial score (nSPS) is 19.7. The average Bonchev–Trinajstić information content (AvgIpc) is 2.98. The van der Waals surface area contributed by atoms with Gasteiger partial charge in [-0.15, -0.1) is 0 Å². The predicted octanol–water partition coefficient (Wildman–Crippen LogP) is 10.6. The Balaban J connectivity index is 2.64. The van der Waals surface area contributed by atoms with Crippen molar-refractivity contribution < 1.29 is 23.4 Å². The summed E-state index contributed by atoms with van der Waals surface area (Å²) in [4.78, 5) is 23.2. The third-order valence-electron chi connectivity index (χ3n) is 9.35. The van der Waals surface area contributed by atoms with Gasteiger partial charge in [-0.3, -0.25) is 0 Å². The molecule has 0 fully saturated rings. The molecule has 0 aromatic rings. The number of nitrogens with zero attached hydrogens (tertiary/aromatic N) is 2. The minimum atomic E-state index is -1.75. The lowest BCUT2D eigenvalue weighted by atomic mass is 9.89. The highest BCUT2D eigenvalue weighted by molar-refractivity contribution is 6.74. The van der Waals surface area contributed by atoms with Crippen molar-refractivity contribution in [3.63, 3.8) is 0 Å². The highest BCUT2D eigenvalue weighted by Crippen LogP contribution is 2.38. The van der Waals surface area contributed by atoms with E-state index in [-0.39, 0.29) is 23.6 Å². The fourth-order valence-electron chi connectivity index (χ4n) is 5.59. The Morgan fingerprint density at radius 3 is 1.98 bits per heavy atom. The third kappa shape index (κ3) is 14.2. The number of allylic oxidation sites excluding steroid dienone is 2. The number of hydrogen-bond acceptors (Lipinski definition) is 7. The number of carbonyl (C=O) groups excluding carboxylic acids is 1. The molecule has 0 aromatic heterocycles. The van der Waals surface area contributed by atoms with Crippen LogP contribution in [0.1, 0.15) is 152 Å². The smallest absolute Gasteiger partial charge is 0.343 e. The minimum Gasteiger partial charge on any atom is -0.480 e. The largest absolute Gasteiger partial charge is 0.480 e. The van der Waals surface area contributed by atoms with E-state index in [4.69, 9.17) is 28.6 Å². The third-order valence-corrected chi connectivity index (χ3v) is 13.9. The Morgan fingerprint density at radius 2 is 1.43 bits per heavy atom. The molecule has 0 bridgehead atoms. The van der Waals surface area contributed by atoms with Crippen LogP contribution in [0.4, 0.5) is 0 Å². The first-order valence-electron chi connectivity index (χ1n) is 18.7. The number of aliphatic imine (C=N–C) groups is 2. The summed E-state index contributed by atoms with van der Waals surface area (Å²) in [6, 6.07) is -0.273. The number of hydrogen-bond donors (Lipinski definition) is 0. The van der Waals surface area contributed by atoms with Gasteiger partial charge in [0.15, 0.2) is 8.32 Å². The van der Waals surface area contributed by atoms with E-state index in [1.165, 1.54) is 64.2 Å². The van der Waals surface area contributed by atoms with Crippen LogP contribution in [0, 0.1) is 5.92 Å². The molecule has 0 saturated heterocycles. The van der Waals surface area contributed by atoms with Crippen molar-refractivity contribution in [2.45, 2.75) is 188 Å². The van der Waals surface area contributed by atoms with Crippen LogP contribution in [0.2, 0.25) is 18.1 Å². The van der Waals surface area contributed by atoms with Gasteiger partial charge in [0.2, 0.25) is 17.3 Å². The van der Waals surface area contributed by atoms with Gasteiger partial charge in [-0.2, -0.15) is 0 Å². The molecule has 268 valence electrons. The van der Waals surface area contributed by atoms with Gasteiger partial charge >= 0.3 is 5.97 Å². The first kappa shape index (κ1) is 42.3. The topological polar surface area (TPSA) is 78.7 Å². The fourth-order valence-corrected chi connectivity index (χ4v) is 7.01. The van der Waals surface area contributed by atoms with E-state index in [1.54, 1.807) is 0 Å². The maximum atomic E-state index is 13.4. The molecule has 1 aliphatic rings. The van der Waals surface area contributed by atoms with Gasteiger partial charge in [0.1, 0.15) is 6.04 Å². The van der Waals surface area contributed by atoms with Gasteiger partial charge in [-0.05, 0) is 89.8 Å². The molecular weight excluding hydrogens is 593 g/mol. The zero-order valence-electron chi connectivity index (χ0n) is 31.8. The van der Waals surface area contributed by atoms with Gasteiger partial charge in [-0.1, -0.05) is 98.6 Å². The SMILES string of the molecule is CCCCCCC(CCCCCC/C=C/CCCC1(C(=O)OCC)N=C(OCC)C(C(C)C)N=C1OCC)O[Si](C)(C)C(C)(C)C. The van der Waals surface area contributed by atoms with Crippen LogP contribution >= 0.6 is 0 Å². The molecule has 0 aromatic carbocycles. The van der Waals surface area contributed by atoms with Crippen molar-refractivity contribution in [2.24, 2.45) is 15.9 Å². The van der Waals surface area contributed by atoms with Crippen molar-refractivity contribution >= 4 is 26.1 Å². The van der Waals surface area contributed by atoms with Crippen molar-refractivity contribution in [1.82, 2.24) is 0 Å². The number of rotatable bonds is 23. The van der Waals surface area contributed by atoms with Crippen molar-refractivity contribution in [3.05, 3.63) is 12.2 Å². The molecular formula is C38H72N2O5Si. The Bertz CT molecular complexity index is 940. The lowest BCUT2D eigenvalue weighted by molar-refractivity contribution is -0.147. The molecule has 3 unspecified atom stereocenters. The van der Waals surface area contributed by atoms with Crippen LogP contribution in [0.15, 0.2) is 22.1 Å². The Labute approximate surface area is 284 Å². The van der Waals surface area contributed by atoms with E-state index in [1.807, 2.05) is 20.8 Å². The molecule has 8 heteroatoms. The zero-order valence-corrected chi connectivity index (χ0v) is 32.8. The van der Waals surface area contributed by atoms with Crippen molar-refractivity contribution in [2.75, 3.05) is 19.8 Å². The molecule has 1 heterocycles. The van der Waals surface area contributed by atoms with Crippen LogP contribution < -0.4 is 0 Å². The highest BCUT2D eigenvalue weighted by atomic mass is 28.4. The number of ether oxygens (including phenoxy) is 3. The summed E-state index contributed by atoms with van der Waals surface area (Å²) in [5, 5.41) is 0.256. The second-order valence-corrected chi connectivity index (χ2v) is 19.5. The Morgan fingerprint density at radius 1 is 0.848 bits per heavy atom. The predicted molar refractivity (Wildman–Crippen MR) is 198 cm³/mol.